The number of aryl methyl sites for hydroxylation is 1. The van der Waals surface area contributed by atoms with E-state index in [0.717, 1.165) is 21.7 Å². The molecule has 0 spiro atoms. The van der Waals surface area contributed by atoms with E-state index >= 15 is 0 Å². The van der Waals surface area contributed by atoms with E-state index in [4.69, 9.17) is 9.10 Å². The number of hydrogen-bond acceptors (Lipinski definition) is 3. The average Bonchev–Trinajstić information content (AvgIpc) is 2.67. The van der Waals surface area contributed by atoms with Crippen LogP contribution in [0.15, 0.2) is 75.5 Å². The molecule has 2 aromatic carbocycles. The number of fused-ring (bicyclic) bond motifs is 1. The van der Waals surface area contributed by atoms with Crippen LogP contribution in [-0.2, 0) is 9.73 Å². The zero-order valence-electron chi connectivity index (χ0n) is 17.3. The molecule has 3 nitrogen and oxygen atoms in total. The molecule has 0 bridgehead atoms. The number of methoxy groups -OCH3 is 1. The van der Waals surface area contributed by atoms with E-state index in [2.05, 4.69) is 52.0 Å². The molecule has 0 fully saturated rings. The van der Waals surface area contributed by atoms with Crippen LogP contribution < -0.4 is 4.74 Å². The van der Waals surface area contributed by atoms with E-state index in [1.807, 2.05) is 36.4 Å². The van der Waals surface area contributed by atoms with Gasteiger partial charge in [0, 0.05) is 16.6 Å². The summed E-state index contributed by atoms with van der Waals surface area (Å²) in [7, 11) is -0.918. The van der Waals surface area contributed by atoms with Gasteiger partial charge in [-0.15, -0.1) is 0 Å². The molecule has 0 saturated carbocycles. The molecular formula is C24H29NO2S. The van der Waals surface area contributed by atoms with E-state index in [1.54, 1.807) is 7.11 Å². The number of nitrogens with zero attached hydrogens (tertiary/aromatic N) is 1. The van der Waals surface area contributed by atoms with Crippen molar-refractivity contribution in [3.05, 3.63) is 77.4 Å². The Kier molecular flexibility index (Phi) is 6.09. The molecule has 3 atom stereocenters. The smallest absolute Gasteiger partial charge is 0.145 e. The monoisotopic (exact) mass is 395 g/mol. The molecule has 1 heterocycles. The number of allylic oxidation sites excluding steroid dienone is 4. The van der Waals surface area contributed by atoms with Gasteiger partial charge in [-0.05, 0) is 56.0 Å². The van der Waals surface area contributed by atoms with E-state index in [9.17, 15) is 4.21 Å². The van der Waals surface area contributed by atoms with E-state index in [-0.39, 0.29) is 11.8 Å². The van der Waals surface area contributed by atoms with Gasteiger partial charge in [-0.25, -0.2) is 4.21 Å². The second-order valence-corrected chi connectivity index (χ2v) is 9.98. The fraction of sp³-hybridized carbons (Fsp3) is 0.333. The van der Waals surface area contributed by atoms with Gasteiger partial charge in [-0.1, -0.05) is 55.0 Å². The molecule has 148 valence electrons. The zero-order chi connectivity index (χ0) is 20.3. The number of rotatable bonds is 5. The van der Waals surface area contributed by atoms with Gasteiger partial charge in [0.05, 0.1) is 16.8 Å². The summed E-state index contributed by atoms with van der Waals surface area (Å²) < 4.78 is 24.3. The molecule has 0 aromatic heterocycles. The Hall–Kier alpha value is -2.33. The van der Waals surface area contributed by atoms with Crippen molar-refractivity contribution in [2.45, 2.75) is 38.5 Å². The molecule has 28 heavy (non-hydrogen) atoms. The third-order valence-electron chi connectivity index (χ3n) is 5.10. The Bertz CT molecular complexity index is 1020. The highest BCUT2D eigenvalue weighted by Crippen LogP contribution is 2.46. The molecule has 0 N–H and O–H groups in total. The standard InChI is InChI=1S/C24H29NO2S/c1-17(2)10-9-11-19(4)22-16-28(26,20-12-7-6-8-13-20)25-24-21(22)14-18(3)15-23(24)27-5/h6-15,19,22H,16H2,1-5H3/b11-9+/t19-,22-,28-/m1/s1. The molecule has 0 unspecified atom stereocenters. The lowest BCUT2D eigenvalue weighted by Crippen LogP contribution is -2.23. The highest BCUT2D eigenvalue weighted by Gasteiger charge is 2.32. The quantitative estimate of drug-likeness (QED) is 0.548. The van der Waals surface area contributed by atoms with Crippen LogP contribution in [0.3, 0.4) is 0 Å². The maximum Gasteiger partial charge on any atom is 0.145 e. The van der Waals surface area contributed by atoms with E-state index < -0.39 is 9.73 Å². The second-order valence-electron chi connectivity index (χ2n) is 7.71. The van der Waals surface area contributed by atoms with Gasteiger partial charge in [0.25, 0.3) is 0 Å². The van der Waals surface area contributed by atoms with Crippen molar-refractivity contribution in [1.82, 2.24) is 0 Å². The third kappa shape index (κ3) is 4.22. The molecule has 0 radical (unpaired) electrons. The minimum Gasteiger partial charge on any atom is -0.494 e. The summed E-state index contributed by atoms with van der Waals surface area (Å²) in [5.74, 6) is 1.54. The number of ether oxygens (including phenoxy) is 1. The topological polar surface area (TPSA) is 38.7 Å². The van der Waals surface area contributed by atoms with E-state index in [1.165, 1.54) is 5.57 Å². The fourth-order valence-corrected chi connectivity index (χ4v) is 6.02. The molecule has 0 amide bonds. The summed E-state index contributed by atoms with van der Waals surface area (Å²) in [4.78, 5) is 0.786. The van der Waals surface area contributed by atoms with Gasteiger partial charge < -0.3 is 4.74 Å². The van der Waals surface area contributed by atoms with Crippen LogP contribution in [0.4, 0.5) is 5.69 Å². The zero-order valence-corrected chi connectivity index (χ0v) is 18.1. The van der Waals surface area contributed by atoms with Gasteiger partial charge in [0.2, 0.25) is 0 Å². The molecule has 2 aromatic rings. The SMILES string of the molecule is COc1cc(C)cc2c1N=[S@](=O)(c1ccccc1)C[C@@H]2[C@H](C)/C=C/C=C(C)C. The lowest BCUT2D eigenvalue weighted by Gasteiger charge is -2.30. The lowest BCUT2D eigenvalue weighted by molar-refractivity contribution is 0.414. The number of hydrogen-bond donors (Lipinski definition) is 0. The Morgan fingerprint density at radius 1 is 1.25 bits per heavy atom. The molecular weight excluding hydrogens is 366 g/mol. The average molecular weight is 396 g/mol. The first-order valence-corrected chi connectivity index (χ1v) is 11.3. The number of benzene rings is 2. The van der Waals surface area contributed by atoms with Crippen molar-refractivity contribution in [3.63, 3.8) is 0 Å². The fourth-order valence-electron chi connectivity index (χ4n) is 3.60. The van der Waals surface area contributed by atoms with Crippen molar-refractivity contribution in [1.29, 1.82) is 0 Å². The lowest BCUT2D eigenvalue weighted by atomic mass is 9.86. The van der Waals surface area contributed by atoms with Gasteiger partial charge >= 0.3 is 0 Å². The Balaban J connectivity index is 2.17. The normalized spacial score (nSPS) is 22.2. The highest BCUT2D eigenvalue weighted by atomic mass is 32.2. The Morgan fingerprint density at radius 2 is 1.96 bits per heavy atom. The molecule has 1 aliphatic heterocycles. The summed E-state index contributed by atoms with van der Waals surface area (Å²) in [6, 6.07) is 13.8. The minimum absolute atomic E-state index is 0.107. The molecule has 3 rings (SSSR count). The second kappa shape index (κ2) is 8.36. The Morgan fingerprint density at radius 3 is 2.61 bits per heavy atom. The van der Waals surface area contributed by atoms with E-state index in [0.29, 0.717) is 11.5 Å². The van der Waals surface area contributed by atoms with Crippen LogP contribution in [0.2, 0.25) is 0 Å². The van der Waals surface area contributed by atoms with Crippen molar-refractivity contribution >= 4 is 15.4 Å². The largest absolute Gasteiger partial charge is 0.494 e. The predicted molar refractivity (Wildman–Crippen MR) is 118 cm³/mol. The summed E-state index contributed by atoms with van der Waals surface area (Å²) in [5.41, 5.74) is 4.25. The first-order chi connectivity index (χ1) is 13.3. The third-order valence-corrected chi connectivity index (χ3v) is 7.40. The first-order valence-electron chi connectivity index (χ1n) is 9.64. The first kappa shape index (κ1) is 20.4. The van der Waals surface area contributed by atoms with Crippen LogP contribution in [0.25, 0.3) is 0 Å². The van der Waals surface area contributed by atoms with Crippen molar-refractivity contribution in [2.24, 2.45) is 10.3 Å². The van der Waals surface area contributed by atoms with Gasteiger partial charge in [0.15, 0.2) is 0 Å². The molecule has 0 aliphatic carbocycles. The Labute approximate surface area is 169 Å². The van der Waals surface area contributed by atoms with Crippen molar-refractivity contribution in [2.75, 3.05) is 12.9 Å². The highest BCUT2D eigenvalue weighted by molar-refractivity contribution is 7.93. The summed E-state index contributed by atoms with van der Waals surface area (Å²) in [6.45, 7) is 8.42. The summed E-state index contributed by atoms with van der Waals surface area (Å²) in [5, 5.41) is 0. The van der Waals surface area contributed by atoms with Crippen molar-refractivity contribution in [3.8, 4) is 5.75 Å². The van der Waals surface area contributed by atoms with Crippen LogP contribution in [-0.4, -0.2) is 17.1 Å². The molecule has 4 heteroatoms. The van der Waals surface area contributed by atoms with Gasteiger partial charge in [0.1, 0.15) is 11.4 Å². The maximum absolute atomic E-state index is 14.0. The van der Waals surface area contributed by atoms with Crippen LogP contribution in [0.1, 0.15) is 37.8 Å². The van der Waals surface area contributed by atoms with Crippen LogP contribution in [0, 0.1) is 12.8 Å². The van der Waals surface area contributed by atoms with Crippen LogP contribution >= 0.6 is 0 Å². The summed E-state index contributed by atoms with van der Waals surface area (Å²) >= 11 is 0. The predicted octanol–water partition coefficient (Wildman–Crippen LogP) is 6.42. The van der Waals surface area contributed by atoms with Crippen molar-refractivity contribution < 1.29 is 8.95 Å². The van der Waals surface area contributed by atoms with Crippen LogP contribution in [0.5, 0.6) is 5.75 Å². The maximum atomic E-state index is 14.0. The van der Waals surface area contributed by atoms with Gasteiger partial charge in [-0.3, -0.25) is 0 Å². The molecule has 0 saturated heterocycles. The summed E-state index contributed by atoms with van der Waals surface area (Å²) in [6.07, 6.45) is 6.41. The molecule has 1 aliphatic rings. The van der Waals surface area contributed by atoms with Gasteiger partial charge in [-0.2, -0.15) is 4.36 Å². The minimum atomic E-state index is -2.57.